The van der Waals surface area contributed by atoms with E-state index in [0.717, 1.165) is 6.92 Å². The Bertz CT molecular complexity index is 1720. The Hall–Kier alpha value is -3.97. The summed E-state index contributed by atoms with van der Waals surface area (Å²) in [7, 11) is 1.26. The highest BCUT2D eigenvalue weighted by Crippen LogP contribution is 2.81. The Morgan fingerprint density at radius 1 is 1.08 bits per heavy atom. The van der Waals surface area contributed by atoms with Gasteiger partial charge in [-0.2, -0.15) is 0 Å². The van der Waals surface area contributed by atoms with Crippen LogP contribution in [0.25, 0.3) is 0 Å². The zero-order chi connectivity index (χ0) is 37.6. The third-order valence-corrected chi connectivity index (χ3v) is 13.1. The Balaban J connectivity index is 1.72. The molecule has 278 valence electrons. The van der Waals surface area contributed by atoms with Crippen LogP contribution in [0.2, 0.25) is 0 Å². The number of methoxy groups -OCH3 is 1. The third kappa shape index (κ3) is 4.75. The second-order valence-electron chi connectivity index (χ2n) is 16.0. The Morgan fingerprint density at radius 3 is 2.33 bits per heavy atom. The molecule has 51 heavy (non-hydrogen) atoms. The molecule has 2 heterocycles. The molecule has 1 aromatic rings. The fraction of sp³-hybridized carbons (Fsp3) is 0.658. The molecule has 13 heteroatoms. The van der Waals surface area contributed by atoms with Crippen molar-refractivity contribution in [2.24, 2.45) is 34.0 Å². The summed E-state index contributed by atoms with van der Waals surface area (Å²) in [6.45, 7) is 13.0. The molecule has 4 fully saturated rings. The average Bonchev–Trinajstić information content (AvgIpc) is 3.71. The first-order chi connectivity index (χ1) is 23.8. The van der Waals surface area contributed by atoms with Gasteiger partial charge in [-0.25, -0.2) is 9.59 Å². The van der Waals surface area contributed by atoms with E-state index in [1.54, 1.807) is 53.7 Å². The zero-order valence-corrected chi connectivity index (χ0v) is 30.6. The first-order valence-corrected chi connectivity index (χ1v) is 17.5. The van der Waals surface area contributed by atoms with Gasteiger partial charge in [-0.05, 0) is 62.2 Å². The van der Waals surface area contributed by atoms with E-state index in [-0.39, 0.29) is 29.6 Å². The highest BCUT2D eigenvalue weighted by molar-refractivity contribution is 5.88. The highest BCUT2D eigenvalue weighted by atomic mass is 16.6. The van der Waals surface area contributed by atoms with E-state index in [9.17, 15) is 34.2 Å². The minimum Gasteiger partial charge on any atom is -0.472 e. The van der Waals surface area contributed by atoms with E-state index in [1.165, 1.54) is 19.6 Å². The van der Waals surface area contributed by atoms with Crippen molar-refractivity contribution in [1.82, 2.24) is 0 Å². The number of ether oxygens (including phenoxy) is 5. The maximum absolute atomic E-state index is 14.0. The van der Waals surface area contributed by atoms with Crippen LogP contribution in [0.4, 0.5) is 0 Å². The third-order valence-electron chi connectivity index (χ3n) is 13.1. The van der Waals surface area contributed by atoms with Crippen molar-refractivity contribution in [3.63, 3.8) is 0 Å². The molecule has 1 saturated heterocycles. The summed E-state index contributed by atoms with van der Waals surface area (Å²) in [6.07, 6.45) is -0.930. The molecule has 0 spiro atoms. The number of carbonyl (C=O) groups excluding carboxylic acids is 5. The summed E-state index contributed by atoms with van der Waals surface area (Å²) in [5.41, 5.74) is -6.97. The van der Waals surface area contributed by atoms with Crippen molar-refractivity contribution in [1.29, 1.82) is 0 Å². The molecule has 4 aliphatic carbocycles. The van der Waals surface area contributed by atoms with E-state index in [2.05, 4.69) is 0 Å². The summed E-state index contributed by atoms with van der Waals surface area (Å²) in [6, 6.07) is 1.66. The molecule has 2 bridgehead atoms. The van der Waals surface area contributed by atoms with Gasteiger partial charge in [0.05, 0.1) is 25.6 Å². The van der Waals surface area contributed by atoms with Gasteiger partial charge >= 0.3 is 29.8 Å². The predicted octanol–water partition coefficient (Wildman–Crippen LogP) is 4.05. The highest BCUT2D eigenvalue weighted by Gasteiger charge is 2.90. The van der Waals surface area contributed by atoms with Crippen LogP contribution in [0, 0.1) is 34.0 Å². The maximum Gasteiger partial charge on any atom is 0.352 e. The summed E-state index contributed by atoms with van der Waals surface area (Å²) in [5, 5.41) is 26.7. The van der Waals surface area contributed by atoms with Crippen LogP contribution in [0.3, 0.4) is 0 Å². The summed E-state index contributed by atoms with van der Waals surface area (Å²) < 4.78 is 34.7. The standard InChI is InChI=1S/C38H48O13/c1-10-19(4)31(42)51-33-35(7)17-37(44)36(8,23(35)15-24(40)46-9)22-11-13-34(6)26(25(22)29(38(33,37)45)50-30(41)18(2)3)27(48-20(5)39)32(43)49-28(34)21-12-14-47-16-21/h10,12,14,16,18,22-23,27-29,33,44-45H,11,13,15,17H2,1-9H3/b19-10+/t22-,23-,27+,28-,29-,33-,34+,35-,36+,37+,38+/m0/s1. The molecule has 6 rings (SSSR count). The van der Waals surface area contributed by atoms with E-state index in [4.69, 9.17) is 28.1 Å². The molecule has 3 saturated carbocycles. The second kappa shape index (κ2) is 12.0. The average molecular weight is 713 g/mol. The van der Waals surface area contributed by atoms with Crippen LogP contribution in [-0.2, 0) is 47.7 Å². The van der Waals surface area contributed by atoms with Gasteiger partial charge in [0.1, 0.15) is 17.8 Å². The van der Waals surface area contributed by atoms with Gasteiger partial charge in [0, 0.05) is 40.7 Å². The molecule has 0 unspecified atom stereocenters. The molecule has 0 radical (unpaired) electrons. The molecule has 1 aromatic heterocycles. The first-order valence-electron chi connectivity index (χ1n) is 17.5. The maximum atomic E-state index is 14.0. The normalized spacial score (nSPS) is 41.0. The number of esters is 5. The first kappa shape index (κ1) is 36.8. The Kier molecular flexibility index (Phi) is 8.69. The number of rotatable bonds is 8. The van der Waals surface area contributed by atoms with Crippen LogP contribution in [-0.4, -0.2) is 76.7 Å². The molecule has 13 nitrogen and oxygen atoms in total. The number of hydrogen-bond acceptors (Lipinski definition) is 13. The van der Waals surface area contributed by atoms with Crippen LogP contribution >= 0.6 is 0 Å². The number of carbonyl (C=O) groups is 5. The van der Waals surface area contributed by atoms with Gasteiger partial charge in [0.2, 0.25) is 6.10 Å². The number of aliphatic hydroxyl groups is 2. The van der Waals surface area contributed by atoms with Crippen molar-refractivity contribution in [2.75, 3.05) is 7.11 Å². The molecule has 0 aromatic carbocycles. The fourth-order valence-corrected chi connectivity index (χ4v) is 10.7. The molecule has 5 aliphatic rings. The predicted molar refractivity (Wildman–Crippen MR) is 176 cm³/mol. The summed E-state index contributed by atoms with van der Waals surface area (Å²) in [5.74, 6) is -5.89. The van der Waals surface area contributed by atoms with Gasteiger partial charge in [0.25, 0.3) is 0 Å². The SMILES string of the molecule is C/C=C(\C)C(=O)O[C@H]1[C@@]2(C)C[C@@]3(O)[C@](C)([C@H]4CC[C@]5(C)C(=C4[C@H](OC(=O)C(C)C)[C@@]13O)[C@@H](OC(C)=O)C(=O)O[C@H]5c1ccoc1)[C@H]2CC(=O)OC. The largest absolute Gasteiger partial charge is 0.472 e. The van der Waals surface area contributed by atoms with Gasteiger partial charge in [-0.15, -0.1) is 0 Å². The lowest BCUT2D eigenvalue weighted by Crippen LogP contribution is -2.80. The molecular weight excluding hydrogens is 664 g/mol. The number of hydrogen-bond donors (Lipinski definition) is 2. The molecule has 0 amide bonds. The van der Waals surface area contributed by atoms with Gasteiger partial charge in [-0.1, -0.05) is 40.7 Å². The van der Waals surface area contributed by atoms with Crippen molar-refractivity contribution in [2.45, 2.75) is 117 Å². The zero-order valence-electron chi connectivity index (χ0n) is 30.6. The number of furan rings is 1. The lowest BCUT2D eigenvalue weighted by atomic mass is 9.40. The van der Waals surface area contributed by atoms with Crippen molar-refractivity contribution >= 4 is 29.8 Å². The quantitative estimate of drug-likeness (QED) is 0.170. The topological polar surface area (TPSA) is 185 Å². The monoisotopic (exact) mass is 712 g/mol. The van der Waals surface area contributed by atoms with E-state index in [1.807, 2.05) is 6.92 Å². The molecule has 2 N–H and O–H groups in total. The minimum atomic E-state index is -2.50. The van der Waals surface area contributed by atoms with Crippen molar-refractivity contribution < 1.29 is 62.3 Å². The molecule has 11 atom stereocenters. The Morgan fingerprint density at radius 2 is 1.76 bits per heavy atom. The van der Waals surface area contributed by atoms with Crippen molar-refractivity contribution in [3.8, 4) is 0 Å². The fourth-order valence-electron chi connectivity index (χ4n) is 10.7. The van der Waals surface area contributed by atoms with Crippen LogP contribution < -0.4 is 0 Å². The Labute approximate surface area is 296 Å². The van der Waals surface area contributed by atoms with E-state index in [0.29, 0.717) is 18.4 Å². The molecular formula is C38H48O13. The number of fused-ring (bicyclic) bond motifs is 4. The smallest absolute Gasteiger partial charge is 0.352 e. The number of allylic oxidation sites excluding steroid dienone is 1. The van der Waals surface area contributed by atoms with Crippen LogP contribution in [0.5, 0.6) is 0 Å². The van der Waals surface area contributed by atoms with Crippen LogP contribution in [0.1, 0.15) is 92.7 Å². The number of cyclic esters (lactones) is 1. The van der Waals surface area contributed by atoms with E-state index >= 15 is 0 Å². The van der Waals surface area contributed by atoms with Gasteiger partial charge in [-0.3, -0.25) is 14.4 Å². The van der Waals surface area contributed by atoms with E-state index < -0.39 is 99.5 Å². The summed E-state index contributed by atoms with van der Waals surface area (Å²) >= 11 is 0. The minimum absolute atomic E-state index is 0.110. The van der Waals surface area contributed by atoms with Crippen molar-refractivity contribution in [3.05, 3.63) is 47.0 Å². The lowest BCUT2D eigenvalue weighted by Gasteiger charge is -2.68. The summed E-state index contributed by atoms with van der Waals surface area (Å²) in [4.78, 5) is 67.1. The molecule has 1 aliphatic heterocycles. The lowest BCUT2D eigenvalue weighted by molar-refractivity contribution is -0.316. The second-order valence-corrected chi connectivity index (χ2v) is 16.0. The van der Waals surface area contributed by atoms with Gasteiger partial charge < -0.3 is 38.3 Å². The van der Waals surface area contributed by atoms with Gasteiger partial charge in [0.15, 0.2) is 11.7 Å². The van der Waals surface area contributed by atoms with Crippen LogP contribution in [0.15, 0.2) is 45.8 Å².